The molecule has 1 atom stereocenters. The van der Waals surface area contributed by atoms with Gasteiger partial charge in [0.15, 0.2) is 9.84 Å². The minimum atomic E-state index is -3.70. The molecule has 0 aliphatic carbocycles. The molecular weight excluding hydrogens is 356 g/mol. The summed E-state index contributed by atoms with van der Waals surface area (Å²) in [7, 11) is -3.70. The van der Waals surface area contributed by atoms with Gasteiger partial charge in [0.05, 0.1) is 0 Å². The molecule has 0 spiro atoms. The van der Waals surface area contributed by atoms with Crippen molar-refractivity contribution in [3.05, 3.63) is 59.9 Å². The van der Waals surface area contributed by atoms with E-state index in [-0.39, 0.29) is 6.42 Å². The summed E-state index contributed by atoms with van der Waals surface area (Å²) in [6.07, 6.45) is 4.79. The highest BCUT2D eigenvalue weighted by Gasteiger charge is 2.43. The number of nitrogens with one attached hydrogen (secondary N) is 1. The molecular formula is C18H22N2O5S. The van der Waals surface area contributed by atoms with Gasteiger partial charge in [-0.25, -0.2) is 13.9 Å². The van der Waals surface area contributed by atoms with Crippen molar-refractivity contribution >= 4 is 15.7 Å². The van der Waals surface area contributed by atoms with Crippen LogP contribution in [0.5, 0.6) is 5.75 Å². The van der Waals surface area contributed by atoms with Crippen molar-refractivity contribution in [2.24, 2.45) is 0 Å². The summed E-state index contributed by atoms with van der Waals surface area (Å²) < 4.78 is 27.9. The molecule has 1 unspecified atom stereocenters. The summed E-state index contributed by atoms with van der Waals surface area (Å²) in [6, 6.07) is 11.0. The average Bonchev–Trinajstić information content (AvgIpc) is 2.64. The third-order valence-electron chi connectivity index (χ3n) is 4.37. The van der Waals surface area contributed by atoms with Crippen LogP contribution in [0, 0.1) is 0 Å². The van der Waals surface area contributed by atoms with E-state index in [0.29, 0.717) is 18.8 Å². The van der Waals surface area contributed by atoms with Crippen LogP contribution in [0.4, 0.5) is 0 Å². The number of hydrogen-bond acceptors (Lipinski definition) is 6. The van der Waals surface area contributed by atoms with Gasteiger partial charge in [-0.05, 0) is 55.2 Å². The Balaban J connectivity index is 1.99. The predicted molar refractivity (Wildman–Crippen MR) is 96.5 cm³/mol. The van der Waals surface area contributed by atoms with Crippen molar-refractivity contribution in [2.75, 3.05) is 6.26 Å². The molecule has 7 nitrogen and oxygen atoms in total. The van der Waals surface area contributed by atoms with Crippen LogP contribution in [-0.4, -0.2) is 35.5 Å². The number of aryl methyl sites for hydroxylation is 1. The molecule has 2 aromatic rings. The first-order valence-corrected chi connectivity index (χ1v) is 9.90. The number of carbonyl (C=O) groups is 1. The third kappa shape index (κ3) is 4.80. The molecule has 0 aliphatic rings. The fourth-order valence-corrected chi connectivity index (χ4v) is 3.22. The molecule has 0 radical (unpaired) electrons. The Morgan fingerprint density at radius 1 is 1.15 bits per heavy atom. The zero-order valence-electron chi connectivity index (χ0n) is 14.7. The van der Waals surface area contributed by atoms with E-state index in [9.17, 15) is 13.2 Å². The maximum absolute atomic E-state index is 12.0. The highest BCUT2D eigenvalue weighted by Crippen LogP contribution is 2.24. The molecule has 2 N–H and O–H groups in total. The van der Waals surface area contributed by atoms with Crippen LogP contribution in [0.1, 0.15) is 24.5 Å². The van der Waals surface area contributed by atoms with E-state index in [1.165, 1.54) is 12.4 Å². The van der Waals surface area contributed by atoms with Gasteiger partial charge in [-0.3, -0.25) is 15.0 Å². The first-order valence-electron chi connectivity index (χ1n) is 8.01. The number of rotatable bonds is 8. The lowest BCUT2D eigenvalue weighted by molar-refractivity contribution is -0.131. The highest BCUT2D eigenvalue weighted by molar-refractivity contribution is 7.92. The summed E-state index contributed by atoms with van der Waals surface area (Å²) in [5, 5.41) is 8.84. The van der Waals surface area contributed by atoms with Gasteiger partial charge in [0.2, 0.25) is 0 Å². The topological polar surface area (TPSA) is 106 Å². The average molecular weight is 378 g/mol. The fourth-order valence-electron chi connectivity index (χ4n) is 2.37. The number of ether oxygens (including phenoxy) is 1. The molecule has 0 fully saturated rings. The summed E-state index contributed by atoms with van der Waals surface area (Å²) in [6.45, 7) is 1.73. The summed E-state index contributed by atoms with van der Waals surface area (Å²) in [5.41, 5.74) is 3.31. The largest absolute Gasteiger partial charge is 0.489 e. The third-order valence-corrected chi connectivity index (χ3v) is 6.40. The van der Waals surface area contributed by atoms with E-state index >= 15 is 0 Å². The fraction of sp³-hybridized carbons (Fsp3) is 0.333. The lowest BCUT2D eigenvalue weighted by atomic mass is 9.99. The monoisotopic (exact) mass is 378 g/mol. The molecule has 0 bridgehead atoms. The number of hydroxylamine groups is 1. The van der Waals surface area contributed by atoms with Gasteiger partial charge in [0.1, 0.15) is 17.1 Å². The number of pyridine rings is 1. The molecule has 140 valence electrons. The first-order chi connectivity index (χ1) is 12.3. The smallest absolute Gasteiger partial charge is 0.264 e. The van der Waals surface area contributed by atoms with E-state index in [0.717, 1.165) is 17.4 Å². The van der Waals surface area contributed by atoms with Crippen molar-refractivity contribution in [1.82, 2.24) is 10.5 Å². The minimum Gasteiger partial charge on any atom is -0.489 e. The Labute approximate surface area is 152 Å². The van der Waals surface area contributed by atoms with Gasteiger partial charge < -0.3 is 4.74 Å². The Bertz CT molecular complexity index is 838. The van der Waals surface area contributed by atoms with E-state index in [2.05, 4.69) is 4.98 Å². The molecule has 2 rings (SSSR count). The molecule has 1 aromatic heterocycles. The van der Waals surface area contributed by atoms with E-state index in [4.69, 9.17) is 9.94 Å². The Kier molecular flexibility index (Phi) is 6.33. The van der Waals surface area contributed by atoms with E-state index in [1.807, 2.05) is 24.3 Å². The number of amides is 1. The number of benzene rings is 1. The molecule has 1 heterocycles. The zero-order valence-corrected chi connectivity index (χ0v) is 15.5. The van der Waals surface area contributed by atoms with Crippen LogP contribution in [0.15, 0.2) is 48.8 Å². The molecule has 8 heteroatoms. The van der Waals surface area contributed by atoms with Gasteiger partial charge in [0, 0.05) is 18.6 Å². The number of carbonyl (C=O) groups excluding carboxylic acids is 1. The summed E-state index contributed by atoms with van der Waals surface area (Å²) >= 11 is 0. The van der Waals surface area contributed by atoms with Crippen LogP contribution in [0.3, 0.4) is 0 Å². The van der Waals surface area contributed by atoms with Crippen molar-refractivity contribution in [3.8, 4) is 5.75 Å². The SMILES string of the molecule is CC(CCc1ccc(OCc2ccncc2)cc1)(C(=O)NO)S(C)(=O)=O. The maximum Gasteiger partial charge on any atom is 0.264 e. The maximum atomic E-state index is 12.0. The normalized spacial score (nSPS) is 13.7. The van der Waals surface area contributed by atoms with Gasteiger partial charge in [-0.15, -0.1) is 0 Å². The van der Waals surface area contributed by atoms with Crippen molar-refractivity contribution in [2.45, 2.75) is 31.1 Å². The molecule has 0 aliphatic heterocycles. The second-order valence-corrected chi connectivity index (χ2v) is 8.68. The standard InChI is InChI=1S/C18H22N2O5S/c1-18(17(21)20-22,26(2,23)24)10-7-14-3-5-16(6-4-14)25-13-15-8-11-19-12-9-15/h3-6,8-9,11-12,22H,7,10,13H2,1-2H3,(H,20,21). The summed E-state index contributed by atoms with van der Waals surface area (Å²) in [5.74, 6) is -0.248. The van der Waals surface area contributed by atoms with Crippen molar-refractivity contribution in [1.29, 1.82) is 0 Å². The van der Waals surface area contributed by atoms with Crippen LogP contribution >= 0.6 is 0 Å². The second-order valence-electron chi connectivity index (χ2n) is 6.23. The molecule has 1 aromatic carbocycles. The molecule has 0 saturated carbocycles. The lowest BCUT2D eigenvalue weighted by Crippen LogP contribution is -2.49. The highest BCUT2D eigenvalue weighted by atomic mass is 32.2. The van der Waals surface area contributed by atoms with Gasteiger partial charge in [-0.2, -0.15) is 0 Å². The predicted octanol–water partition coefficient (Wildman–Crippen LogP) is 1.90. The van der Waals surface area contributed by atoms with E-state index < -0.39 is 20.5 Å². The number of aromatic nitrogens is 1. The number of nitrogens with zero attached hydrogens (tertiary/aromatic N) is 1. The number of sulfone groups is 1. The lowest BCUT2D eigenvalue weighted by Gasteiger charge is -2.25. The second kappa shape index (κ2) is 8.29. The first kappa shape index (κ1) is 19.9. The molecule has 0 saturated heterocycles. The van der Waals surface area contributed by atoms with Crippen LogP contribution in [0.25, 0.3) is 0 Å². The van der Waals surface area contributed by atoms with Gasteiger partial charge >= 0.3 is 0 Å². The Morgan fingerprint density at radius 3 is 2.31 bits per heavy atom. The minimum absolute atomic E-state index is 0.0510. The van der Waals surface area contributed by atoms with Crippen molar-refractivity contribution < 1.29 is 23.2 Å². The van der Waals surface area contributed by atoms with Crippen LogP contribution in [0.2, 0.25) is 0 Å². The molecule has 26 heavy (non-hydrogen) atoms. The van der Waals surface area contributed by atoms with Crippen LogP contribution in [-0.2, 0) is 27.7 Å². The zero-order chi connectivity index (χ0) is 19.2. The van der Waals surface area contributed by atoms with Gasteiger partial charge in [-0.1, -0.05) is 12.1 Å². The summed E-state index contributed by atoms with van der Waals surface area (Å²) in [4.78, 5) is 15.8. The Hall–Kier alpha value is -2.45. The quantitative estimate of drug-likeness (QED) is 0.537. The van der Waals surface area contributed by atoms with Crippen LogP contribution < -0.4 is 10.2 Å². The van der Waals surface area contributed by atoms with Crippen molar-refractivity contribution in [3.63, 3.8) is 0 Å². The Morgan fingerprint density at radius 2 is 1.77 bits per heavy atom. The van der Waals surface area contributed by atoms with E-state index in [1.54, 1.807) is 24.5 Å². The molecule has 1 amide bonds. The van der Waals surface area contributed by atoms with Gasteiger partial charge in [0.25, 0.3) is 5.91 Å². The number of hydrogen-bond donors (Lipinski definition) is 2.